The number of hydrogen-bond acceptors (Lipinski definition) is 5. The van der Waals surface area contributed by atoms with Gasteiger partial charge in [0, 0.05) is 37.4 Å². The number of amides is 1. The van der Waals surface area contributed by atoms with Gasteiger partial charge in [0.15, 0.2) is 0 Å². The fourth-order valence-electron chi connectivity index (χ4n) is 3.09. The largest absolute Gasteiger partial charge is 0.330 e. The summed E-state index contributed by atoms with van der Waals surface area (Å²) in [6.07, 6.45) is 3.70. The second kappa shape index (κ2) is 8.64. The zero-order valence-corrected chi connectivity index (χ0v) is 16.3. The molecular weight excluding hydrogens is 393 g/mol. The monoisotopic (exact) mass is 411 g/mol. The Morgan fingerprint density at radius 1 is 1.27 bits per heavy atom. The fraction of sp³-hybridized carbons (Fsp3) is 0.235. The predicted molar refractivity (Wildman–Crippen MR) is 106 cm³/mol. The Bertz CT molecular complexity index is 868. The number of fused-ring (bicyclic) bond motifs is 1. The van der Waals surface area contributed by atoms with Gasteiger partial charge in [-0.05, 0) is 17.2 Å². The van der Waals surface area contributed by atoms with E-state index in [9.17, 15) is 4.79 Å². The smallest absolute Gasteiger partial charge is 0.273 e. The Morgan fingerprint density at radius 2 is 2.08 bits per heavy atom. The molecule has 0 spiro atoms. The van der Waals surface area contributed by atoms with Gasteiger partial charge in [-0.15, -0.1) is 36.2 Å². The number of aromatic nitrogens is 3. The normalized spacial score (nSPS) is 15.6. The van der Waals surface area contributed by atoms with Gasteiger partial charge in [0.25, 0.3) is 5.91 Å². The molecule has 2 N–H and O–H groups in total. The molecule has 26 heavy (non-hydrogen) atoms. The van der Waals surface area contributed by atoms with Crippen molar-refractivity contribution in [3.05, 3.63) is 69.9 Å². The first-order valence-electron chi connectivity index (χ1n) is 7.77. The number of nitrogens with zero attached hydrogens (tertiary/aromatic N) is 4. The summed E-state index contributed by atoms with van der Waals surface area (Å²) in [5.41, 5.74) is 8.43. The van der Waals surface area contributed by atoms with Gasteiger partial charge >= 0.3 is 0 Å². The van der Waals surface area contributed by atoms with Crippen LogP contribution in [-0.4, -0.2) is 32.1 Å². The lowest BCUT2D eigenvalue weighted by atomic mass is 9.95. The van der Waals surface area contributed by atoms with Gasteiger partial charge < -0.3 is 10.6 Å². The van der Waals surface area contributed by atoms with Crippen LogP contribution in [0.1, 0.15) is 32.7 Å². The third-order valence-corrected chi connectivity index (χ3v) is 5.12. The van der Waals surface area contributed by atoms with Crippen molar-refractivity contribution in [2.24, 2.45) is 5.73 Å². The summed E-state index contributed by atoms with van der Waals surface area (Å²) in [7, 11) is 0. The van der Waals surface area contributed by atoms with Gasteiger partial charge in [-0.2, -0.15) is 5.10 Å². The van der Waals surface area contributed by atoms with Crippen molar-refractivity contribution >= 4 is 42.1 Å². The molecule has 138 valence electrons. The lowest BCUT2D eigenvalue weighted by Crippen LogP contribution is -2.40. The average Bonchev–Trinajstić information content (AvgIpc) is 3.31. The van der Waals surface area contributed by atoms with Crippen LogP contribution >= 0.6 is 36.2 Å². The highest BCUT2D eigenvalue weighted by Crippen LogP contribution is 2.30. The molecule has 0 fully saturated rings. The quantitative estimate of drug-likeness (QED) is 0.718. The van der Waals surface area contributed by atoms with Crippen molar-refractivity contribution in [2.45, 2.75) is 19.1 Å². The number of rotatable bonds is 3. The number of nitrogens with two attached hydrogens (primary N) is 1. The number of benzene rings is 1. The van der Waals surface area contributed by atoms with Gasteiger partial charge in [-0.1, -0.05) is 24.3 Å². The highest BCUT2D eigenvalue weighted by atomic mass is 35.5. The molecule has 1 amide bonds. The lowest BCUT2D eigenvalue weighted by molar-refractivity contribution is 0.0701. The Labute approximate surface area is 167 Å². The van der Waals surface area contributed by atoms with Crippen LogP contribution in [0.3, 0.4) is 0 Å². The van der Waals surface area contributed by atoms with Crippen molar-refractivity contribution in [3.8, 4) is 0 Å². The molecule has 3 heterocycles. The molecule has 2 aromatic heterocycles. The summed E-state index contributed by atoms with van der Waals surface area (Å²) in [5.74, 6) is -0.0578. The maximum Gasteiger partial charge on any atom is 0.273 e. The zero-order valence-electron chi connectivity index (χ0n) is 13.8. The number of carbonyl (C=O) groups is 1. The summed E-state index contributed by atoms with van der Waals surface area (Å²) < 4.78 is 1.91. The van der Waals surface area contributed by atoms with E-state index >= 15 is 0 Å². The van der Waals surface area contributed by atoms with Crippen LogP contribution in [-0.2, 0) is 13.1 Å². The second-order valence-corrected chi connectivity index (χ2v) is 6.66. The molecule has 0 saturated carbocycles. The van der Waals surface area contributed by atoms with E-state index in [2.05, 4.69) is 22.2 Å². The van der Waals surface area contributed by atoms with E-state index in [4.69, 9.17) is 5.73 Å². The molecule has 4 rings (SSSR count). The Kier molecular flexibility index (Phi) is 6.77. The molecule has 1 aliphatic rings. The molecule has 1 aromatic carbocycles. The van der Waals surface area contributed by atoms with E-state index in [-0.39, 0.29) is 36.8 Å². The second-order valence-electron chi connectivity index (χ2n) is 5.72. The van der Waals surface area contributed by atoms with E-state index in [1.54, 1.807) is 11.6 Å². The number of carbonyl (C=O) groups excluding carboxylic acids is 1. The van der Waals surface area contributed by atoms with Crippen molar-refractivity contribution in [3.63, 3.8) is 0 Å². The maximum absolute atomic E-state index is 12.9. The molecular formula is C17H19Cl2N5OS. The molecule has 0 radical (unpaired) electrons. The van der Waals surface area contributed by atoms with Crippen LogP contribution in [0.2, 0.25) is 0 Å². The molecule has 1 atom stereocenters. The van der Waals surface area contributed by atoms with E-state index in [0.717, 1.165) is 10.6 Å². The van der Waals surface area contributed by atoms with Crippen LogP contribution in [0.25, 0.3) is 0 Å². The topological polar surface area (TPSA) is 77.0 Å². The first-order chi connectivity index (χ1) is 11.8. The molecule has 3 aromatic rings. The van der Waals surface area contributed by atoms with E-state index in [1.807, 2.05) is 34.0 Å². The lowest BCUT2D eigenvalue weighted by Gasteiger charge is -2.34. The van der Waals surface area contributed by atoms with Crippen LogP contribution in [0.5, 0.6) is 0 Å². The van der Waals surface area contributed by atoms with Gasteiger partial charge in [0.1, 0.15) is 10.7 Å². The van der Waals surface area contributed by atoms with Crippen LogP contribution in [0, 0.1) is 0 Å². The van der Waals surface area contributed by atoms with Crippen LogP contribution in [0.4, 0.5) is 0 Å². The first-order valence-corrected chi connectivity index (χ1v) is 8.65. The average molecular weight is 412 g/mol. The highest BCUT2D eigenvalue weighted by molar-refractivity contribution is 7.09. The van der Waals surface area contributed by atoms with Crippen molar-refractivity contribution in [2.75, 3.05) is 6.54 Å². The molecule has 0 bridgehead atoms. The first kappa shape index (κ1) is 20.4. The minimum Gasteiger partial charge on any atom is -0.330 e. The van der Waals surface area contributed by atoms with Gasteiger partial charge in [-0.25, -0.2) is 4.98 Å². The summed E-state index contributed by atoms with van der Waals surface area (Å²) in [6, 6.07) is 10.1. The van der Waals surface area contributed by atoms with E-state index in [1.165, 1.54) is 16.9 Å². The number of halogens is 2. The Hall–Kier alpha value is -1.93. The molecule has 6 nitrogen and oxygen atoms in total. The number of thiazole rings is 1. The highest BCUT2D eigenvalue weighted by Gasteiger charge is 2.30. The fourth-order valence-corrected chi connectivity index (χ4v) is 3.74. The van der Waals surface area contributed by atoms with Gasteiger partial charge in [0.05, 0.1) is 6.04 Å². The SMILES string of the molecule is Cl.Cl.NCc1nc(C(=O)N2Cc3ccccc3C(n3cccn3)C2)cs1. The van der Waals surface area contributed by atoms with Crippen LogP contribution < -0.4 is 5.73 Å². The standard InChI is InChI=1S/C17H17N5OS.2ClH/c18-8-16-20-14(11-24-16)17(23)21-9-12-4-1-2-5-13(12)15(10-21)22-7-3-6-19-22;;/h1-7,11,15H,8-10,18H2;2*1H. The van der Waals surface area contributed by atoms with Crippen molar-refractivity contribution in [1.29, 1.82) is 0 Å². The number of hydrogen-bond donors (Lipinski definition) is 1. The molecule has 1 unspecified atom stereocenters. The maximum atomic E-state index is 12.9. The summed E-state index contributed by atoms with van der Waals surface area (Å²) >= 11 is 1.42. The molecule has 1 aliphatic heterocycles. The third kappa shape index (κ3) is 3.76. The minimum atomic E-state index is -0.0578. The summed E-state index contributed by atoms with van der Waals surface area (Å²) in [5, 5.41) is 6.93. The predicted octanol–water partition coefficient (Wildman–Crippen LogP) is 2.89. The molecule has 0 aliphatic carbocycles. The van der Waals surface area contributed by atoms with Crippen LogP contribution in [0.15, 0.2) is 48.1 Å². The molecule has 9 heteroatoms. The molecule has 0 saturated heterocycles. The minimum absolute atomic E-state index is 0. The Morgan fingerprint density at radius 3 is 2.77 bits per heavy atom. The third-order valence-electron chi connectivity index (χ3n) is 4.25. The van der Waals surface area contributed by atoms with E-state index < -0.39 is 0 Å². The van der Waals surface area contributed by atoms with Gasteiger partial charge in [0.2, 0.25) is 0 Å². The summed E-state index contributed by atoms with van der Waals surface area (Å²) in [6.45, 7) is 1.52. The summed E-state index contributed by atoms with van der Waals surface area (Å²) in [4.78, 5) is 19.0. The van der Waals surface area contributed by atoms with Crippen molar-refractivity contribution in [1.82, 2.24) is 19.7 Å². The zero-order chi connectivity index (χ0) is 16.5. The van der Waals surface area contributed by atoms with Gasteiger partial charge in [-0.3, -0.25) is 9.48 Å². The van der Waals surface area contributed by atoms with Crippen molar-refractivity contribution < 1.29 is 4.79 Å². The van der Waals surface area contributed by atoms with E-state index in [0.29, 0.717) is 25.3 Å². The Balaban J connectivity index is 0.00000121.